The molecule has 11 heteroatoms. The van der Waals surface area contributed by atoms with Crippen molar-refractivity contribution in [3.8, 4) is 11.3 Å². The first-order valence-electron chi connectivity index (χ1n) is 11.1. The Bertz CT molecular complexity index is 1410. The van der Waals surface area contributed by atoms with Crippen LogP contribution < -0.4 is 9.91 Å². The van der Waals surface area contributed by atoms with E-state index in [1.807, 2.05) is 36.4 Å². The summed E-state index contributed by atoms with van der Waals surface area (Å²) >= 11 is 0. The minimum absolute atomic E-state index is 0. The third kappa shape index (κ3) is 7.01. The number of nitrogens with zero attached hydrogens (tertiary/aromatic N) is 6. The van der Waals surface area contributed by atoms with Gasteiger partial charge in [0.2, 0.25) is 0 Å². The van der Waals surface area contributed by atoms with Crippen molar-refractivity contribution in [1.29, 1.82) is 0 Å². The number of hydrogen-bond donors (Lipinski definition) is 0. The van der Waals surface area contributed by atoms with Crippen molar-refractivity contribution in [3.63, 3.8) is 0 Å². The number of pyridine rings is 3. The van der Waals surface area contributed by atoms with E-state index in [9.17, 15) is 17.6 Å². The number of anilines is 2. The van der Waals surface area contributed by atoms with Crippen molar-refractivity contribution in [2.24, 2.45) is 5.10 Å². The van der Waals surface area contributed by atoms with Gasteiger partial charge in [-0.2, -0.15) is 11.2 Å². The molecule has 5 rings (SSSR count). The molecular weight excluding hydrogens is 679 g/mol. The first-order chi connectivity index (χ1) is 17.6. The summed E-state index contributed by atoms with van der Waals surface area (Å²) in [7, 11) is 0. The first kappa shape index (κ1) is 28.9. The molecule has 0 saturated heterocycles. The fourth-order valence-electron chi connectivity index (χ4n) is 3.25. The van der Waals surface area contributed by atoms with Crippen LogP contribution in [0, 0.1) is 42.6 Å². The molecule has 0 atom stereocenters. The Labute approximate surface area is 232 Å². The molecule has 1 aromatic carbocycles. The zero-order valence-corrected chi connectivity index (χ0v) is 22.7. The van der Waals surface area contributed by atoms with Crippen molar-refractivity contribution >= 4 is 17.7 Å². The normalized spacial score (nSPS) is 12.6. The van der Waals surface area contributed by atoms with E-state index in [-0.39, 0.29) is 37.7 Å². The third-order valence-electron chi connectivity index (χ3n) is 5.17. The van der Waals surface area contributed by atoms with E-state index in [2.05, 4.69) is 53.0 Å². The van der Waals surface area contributed by atoms with Crippen molar-refractivity contribution in [2.75, 3.05) is 9.91 Å². The van der Waals surface area contributed by atoms with Gasteiger partial charge in [-0.15, -0.1) is 18.8 Å². The second-order valence-electron chi connectivity index (χ2n) is 8.87. The van der Waals surface area contributed by atoms with Crippen molar-refractivity contribution in [2.45, 2.75) is 26.2 Å². The zero-order valence-electron chi connectivity index (χ0n) is 20.4. The van der Waals surface area contributed by atoms with E-state index in [4.69, 9.17) is 0 Å². The molecule has 0 unspecified atom stereocenters. The largest absolute Gasteiger partial charge is 0.463 e. The summed E-state index contributed by atoms with van der Waals surface area (Å²) in [5.74, 6) is -3.65. The molecule has 6 nitrogen and oxygen atoms in total. The number of hydrazone groups is 1. The Hall–Kier alpha value is -3.65. The number of halogens is 4. The van der Waals surface area contributed by atoms with Gasteiger partial charge < -0.3 is 19.9 Å². The summed E-state index contributed by atoms with van der Waals surface area (Å²) in [5.41, 5.74) is 2.29. The van der Waals surface area contributed by atoms with Gasteiger partial charge >= 0.3 is 0 Å². The molecular formula is C27H21F4N6Pt-3. The van der Waals surface area contributed by atoms with Crippen molar-refractivity contribution in [1.82, 2.24) is 15.0 Å². The smallest absolute Gasteiger partial charge is 0.128 e. The maximum atomic E-state index is 13.5. The second-order valence-corrected chi connectivity index (χ2v) is 8.87. The molecule has 4 heterocycles. The molecule has 0 spiro atoms. The molecule has 0 aliphatic carbocycles. The summed E-state index contributed by atoms with van der Waals surface area (Å²) in [5, 5.41) is 5.24. The molecule has 1 aliphatic rings. The molecule has 4 aromatic rings. The Balaban J connectivity index is 0.000000206. The molecule has 0 amide bonds. The van der Waals surface area contributed by atoms with Crippen LogP contribution in [0.15, 0.2) is 65.9 Å². The van der Waals surface area contributed by atoms with Crippen LogP contribution in [-0.2, 0) is 26.5 Å². The van der Waals surface area contributed by atoms with E-state index >= 15 is 0 Å². The van der Waals surface area contributed by atoms with Crippen molar-refractivity contribution in [3.05, 3.63) is 109 Å². The standard InChI is InChI=1S/C14H13F2N2.C13H8F2N4.Pt/c1-14(2,3)9-6-7-17-11(8-9)10-4-5-12(15)18-13(10)16;14-12-7-6-11(13(15)17-12)19-9-18(8-16-19)10-4-2-1-3-5-10;/h5-8H,1-3H3;1-5,7-9H;/q-1;-2;. The molecule has 0 bridgehead atoms. The first-order valence-corrected chi connectivity index (χ1v) is 11.1. The average molecular weight is 701 g/mol. The second kappa shape index (κ2) is 12.3. The van der Waals surface area contributed by atoms with Gasteiger partial charge in [0.05, 0.1) is 12.3 Å². The summed E-state index contributed by atoms with van der Waals surface area (Å²) in [6.45, 7) is 7.71. The quantitative estimate of drug-likeness (QED) is 0.148. The summed E-state index contributed by atoms with van der Waals surface area (Å²) in [6, 6.07) is 20.0. The Morgan fingerprint density at radius 3 is 2.16 bits per heavy atom. The Kier molecular flexibility index (Phi) is 9.33. The summed E-state index contributed by atoms with van der Waals surface area (Å²) < 4.78 is 52.5. The molecule has 1 aliphatic heterocycles. The van der Waals surface area contributed by atoms with Gasteiger partial charge in [-0.1, -0.05) is 56.7 Å². The average Bonchev–Trinajstić information content (AvgIpc) is 3.35. The Morgan fingerprint density at radius 1 is 0.868 bits per heavy atom. The predicted octanol–water partition coefficient (Wildman–Crippen LogP) is 6.07. The predicted molar refractivity (Wildman–Crippen MR) is 132 cm³/mol. The van der Waals surface area contributed by atoms with E-state index < -0.39 is 23.8 Å². The minimum Gasteiger partial charge on any atom is -0.463 e. The third-order valence-corrected chi connectivity index (χ3v) is 5.17. The molecule has 0 saturated carbocycles. The summed E-state index contributed by atoms with van der Waals surface area (Å²) in [4.78, 5) is 12.0. The van der Waals surface area contributed by atoms with Crippen LogP contribution in [0.3, 0.4) is 0 Å². The molecule has 200 valence electrons. The number of benzene rings is 1. The number of para-hydroxylation sites is 1. The van der Waals surface area contributed by atoms with Gasteiger partial charge in [0, 0.05) is 32.9 Å². The minimum atomic E-state index is -0.955. The van der Waals surface area contributed by atoms with Crippen molar-refractivity contribution < 1.29 is 38.6 Å². The van der Waals surface area contributed by atoms with E-state index in [1.165, 1.54) is 11.3 Å². The molecule has 3 aromatic heterocycles. The van der Waals surface area contributed by atoms with Crippen LogP contribution in [0.25, 0.3) is 11.3 Å². The fraction of sp³-hybridized carbons (Fsp3) is 0.148. The van der Waals surface area contributed by atoms with Crippen LogP contribution in [0.5, 0.6) is 0 Å². The fourth-order valence-corrected chi connectivity index (χ4v) is 3.25. The Morgan fingerprint density at radius 2 is 1.53 bits per heavy atom. The maximum absolute atomic E-state index is 13.5. The van der Waals surface area contributed by atoms with Crippen LogP contribution in [0.1, 0.15) is 26.3 Å². The van der Waals surface area contributed by atoms with E-state index in [1.54, 1.807) is 23.8 Å². The van der Waals surface area contributed by atoms with Crippen LogP contribution in [-0.4, -0.2) is 21.3 Å². The zero-order chi connectivity index (χ0) is 26.6. The molecule has 0 radical (unpaired) electrons. The van der Waals surface area contributed by atoms with Gasteiger partial charge in [0.15, 0.2) is 0 Å². The van der Waals surface area contributed by atoms with Gasteiger partial charge in [-0.05, 0) is 40.6 Å². The van der Waals surface area contributed by atoms with Gasteiger partial charge in [-0.25, -0.2) is 8.78 Å². The van der Waals surface area contributed by atoms with Gasteiger partial charge in [0.25, 0.3) is 0 Å². The number of hydrogen-bond acceptors (Lipinski definition) is 6. The van der Waals surface area contributed by atoms with Gasteiger partial charge in [0.1, 0.15) is 17.8 Å². The van der Waals surface area contributed by atoms with Crippen LogP contribution >= 0.6 is 0 Å². The number of aromatic nitrogens is 3. The van der Waals surface area contributed by atoms with E-state index in [0.29, 0.717) is 5.69 Å². The molecule has 0 N–H and O–H groups in total. The SMILES string of the molecule is CC(C)(C)c1ccnc(-c2[c-]cc(F)nc2F)c1.Fc1c[c-]c(N2[CH-]N(c3ccccc3)C=N2)c(F)n1.[Pt]. The van der Waals surface area contributed by atoms with E-state index in [0.717, 1.165) is 23.4 Å². The molecule has 0 fully saturated rings. The monoisotopic (exact) mass is 700 g/mol. The maximum Gasteiger partial charge on any atom is 0.128 e. The number of rotatable bonds is 3. The van der Waals surface area contributed by atoms with Crippen LogP contribution in [0.4, 0.5) is 28.9 Å². The van der Waals surface area contributed by atoms with Gasteiger partial charge in [-0.3, -0.25) is 13.8 Å². The molecule has 38 heavy (non-hydrogen) atoms. The van der Waals surface area contributed by atoms with Crippen LogP contribution in [0.2, 0.25) is 0 Å². The summed E-state index contributed by atoms with van der Waals surface area (Å²) in [6.07, 6.45) is 3.12. The topological polar surface area (TPSA) is 57.5 Å².